The van der Waals surface area contributed by atoms with Gasteiger partial charge in [-0.3, -0.25) is 0 Å². The van der Waals surface area contributed by atoms with Gasteiger partial charge in [-0.15, -0.1) is 0 Å². The van der Waals surface area contributed by atoms with E-state index in [1.54, 1.807) is 0 Å². The fourth-order valence-corrected chi connectivity index (χ4v) is 2.27. The second kappa shape index (κ2) is 4.93. The minimum Gasteiger partial charge on any atom is -0.339 e. The summed E-state index contributed by atoms with van der Waals surface area (Å²) in [6.45, 7) is 6.14. The maximum Gasteiger partial charge on any atom is 0.227 e. The van der Waals surface area contributed by atoms with Crippen LogP contribution in [0.5, 0.6) is 0 Å². The van der Waals surface area contributed by atoms with Crippen LogP contribution in [-0.4, -0.2) is 40.2 Å². The molecule has 1 aromatic heterocycles. The zero-order valence-corrected chi connectivity index (χ0v) is 10.0. The van der Waals surface area contributed by atoms with Crippen molar-refractivity contribution in [3.8, 4) is 0 Å². The van der Waals surface area contributed by atoms with Crippen molar-refractivity contribution in [2.75, 3.05) is 13.1 Å². The van der Waals surface area contributed by atoms with E-state index < -0.39 is 0 Å². The molecule has 2 atom stereocenters. The van der Waals surface area contributed by atoms with Gasteiger partial charge in [0.25, 0.3) is 0 Å². The lowest BCUT2D eigenvalue weighted by atomic mass is 9.99. The SMILES string of the molecule is Cc1noc(CCN2CCC(N)CC2C)n1. The Balaban J connectivity index is 1.81. The predicted octanol–water partition coefficient (Wildman–Crippen LogP) is 0.732. The predicted molar refractivity (Wildman–Crippen MR) is 61.0 cm³/mol. The summed E-state index contributed by atoms with van der Waals surface area (Å²) < 4.78 is 5.10. The largest absolute Gasteiger partial charge is 0.339 e. The van der Waals surface area contributed by atoms with Gasteiger partial charge in [0.1, 0.15) is 0 Å². The fraction of sp³-hybridized carbons (Fsp3) is 0.818. The highest BCUT2D eigenvalue weighted by atomic mass is 16.5. The van der Waals surface area contributed by atoms with Crippen LogP contribution in [0, 0.1) is 6.92 Å². The Hall–Kier alpha value is -0.940. The average molecular weight is 224 g/mol. The molecule has 0 aliphatic carbocycles. The molecule has 2 rings (SSSR count). The second-order valence-electron chi connectivity index (χ2n) is 4.65. The molecule has 2 N–H and O–H groups in total. The van der Waals surface area contributed by atoms with E-state index in [1.165, 1.54) is 0 Å². The summed E-state index contributed by atoms with van der Waals surface area (Å²) in [5, 5.41) is 3.79. The Morgan fingerprint density at radius 3 is 3.00 bits per heavy atom. The van der Waals surface area contributed by atoms with Gasteiger partial charge < -0.3 is 15.2 Å². The van der Waals surface area contributed by atoms with Gasteiger partial charge in [-0.2, -0.15) is 4.98 Å². The molecule has 1 fully saturated rings. The molecule has 0 radical (unpaired) electrons. The Labute approximate surface area is 96.0 Å². The monoisotopic (exact) mass is 224 g/mol. The van der Waals surface area contributed by atoms with Crippen molar-refractivity contribution >= 4 is 0 Å². The van der Waals surface area contributed by atoms with Gasteiger partial charge in [-0.1, -0.05) is 5.16 Å². The molecular weight excluding hydrogens is 204 g/mol. The van der Waals surface area contributed by atoms with Crippen LogP contribution in [0.15, 0.2) is 4.52 Å². The van der Waals surface area contributed by atoms with E-state index in [0.29, 0.717) is 17.9 Å². The van der Waals surface area contributed by atoms with E-state index in [0.717, 1.165) is 38.2 Å². The summed E-state index contributed by atoms with van der Waals surface area (Å²) in [5.41, 5.74) is 5.93. The molecule has 16 heavy (non-hydrogen) atoms. The second-order valence-corrected chi connectivity index (χ2v) is 4.65. The van der Waals surface area contributed by atoms with E-state index in [1.807, 2.05) is 6.92 Å². The highest BCUT2D eigenvalue weighted by molar-refractivity contribution is 4.86. The summed E-state index contributed by atoms with van der Waals surface area (Å²) in [6.07, 6.45) is 3.01. The number of likely N-dealkylation sites (tertiary alicyclic amines) is 1. The average Bonchev–Trinajstić information content (AvgIpc) is 2.63. The van der Waals surface area contributed by atoms with Crippen molar-refractivity contribution < 1.29 is 4.52 Å². The summed E-state index contributed by atoms with van der Waals surface area (Å²) in [5.74, 6) is 1.45. The van der Waals surface area contributed by atoms with Crippen LogP contribution in [0.1, 0.15) is 31.5 Å². The first-order chi connectivity index (χ1) is 7.65. The third kappa shape index (κ3) is 2.80. The molecule has 0 spiro atoms. The van der Waals surface area contributed by atoms with E-state index >= 15 is 0 Å². The van der Waals surface area contributed by atoms with Crippen molar-refractivity contribution in [3.63, 3.8) is 0 Å². The van der Waals surface area contributed by atoms with Crippen LogP contribution in [0.3, 0.4) is 0 Å². The summed E-state index contributed by atoms with van der Waals surface area (Å²) in [7, 11) is 0. The van der Waals surface area contributed by atoms with Gasteiger partial charge in [0.2, 0.25) is 5.89 Å². The van der Waals surface area contributed by atoms with E-state index in [4.69, 9.17) is 10.3 Å². The van der Waals surface area contributed by atoms with Gasteiger partial charge in [0.05, 0.1) is 0 Å². The molecule has 0 aromatic carbocycles. The lowest BCUT2D eigenvalue weighted by Crippen LogP contribution is -2.46. The minimum absolute atomic E-state index is 0.372. The zero-order chi connectivity index (χ0) is 11.5. The molecule has 0 amide bonds. The van der Waals surface area contributed by atoms with Crippen LogP contribution in [0.4, 0.5) is 0 Å². The molecule has 5 heteroatoms. The topological polar surface area (TPSA) is 68.2 Å². The van der Waals surface area contributed by atoms with Crippen LogP contribution in [-0.2, 0) is 6.42 Å². The number of nitrogens with two attached hydrogens (primary N) is 1. The highest BCUT2D eigenvalue weighted by Gasteiger charge is 2.23. The molecule has 5 nitrogen and oxygen atoms in total. The van der Waals surface area contributed by atoms with Crippen LogP contribution in [0.2, 0.25) is 0 Å². The Kier molecular flexibility index (Phi) is 3.56. The first kappa shape index (κ1) is 11.5. The van der Waals surface area contributed by atoms with E-state index in [9.17, 15) is 0 Å². The van der Waals surface area contributed by atoms with Crippen LogP contribution >= 0.6 is 0 Å². The van der Waals surface area contributed by atoms with Crippen LogP contribution < -0.4 is 5.73 Å². The summed E-state index contributed by atoms with van der Waals surface area (Å²) >= 11 is 0. The zero-order valence-electron chi connectivity index (χ0n) is 10.0. The van der Waals surface area contributed by atoms with Gasteiger partial charge in [0.15, 0.2) is 5.82 Å². The lowest BCUT2D eigenvalue weighted by molar-refractivity contribution is 0.145. The third-order valence-corrected chi connectivity index (χ3v) is 3.24. The summed E-state index contributed by atoms with van der Waals surface area (Å²) in [6, 6.07) is 0.935. The van der Waals surface area contributed by atoms with Gasteiger partial charge in [-0.05, 0) is 33.2 Å². The van der Waals surface area contributed by atoms with Crippen molar-refractivity contribution in [2.45, 2.75) is 45.2 Å². The fourth-order valence-electron chi connectivity index (χ4n) is 2.27. The van der Waals surface area contributed by atoms with E-state index in [2.05, 4.69) is 22.0 Å². The van der Waals surface area contributed by atoms with Gasteiger partial charge in [-0.25, -0.2) is 0 Å². The molecule has 1 aromatic rings. The van der Waals surface area contributed by atoms with Crippen molar-refractivity contribution in [2.24, 2.45) is 5.73 Å². The molecule has 1 aliphatic rings. The van der Waals surface area contributed by atoms with Crippen molar-refractivity contribution in [1.82, 2.24) is 15.0 Å². The Morgan fingerprint density at radius 1 is 1.56 bits per heavy atom. The standard InChI is InChI=1S/C11H20N4O/c1-8-7-10(12)3-5-15(8)6-4-11-13-9(2)14-16-11/h8,10H,3-7,12H2,1-2H3. The van der Waals surface area contributed by atoms with Gasteiger partial charge >= 0.3 is 0 Å². The maximum absolute atomic E-state index is 5.93. The highest BCUT2D eigenvalue weighted by Crippen LogP contribution is 2.16. The Morgan fingerprint density at radius 2 is 2.38 bits per heavy atom. The molecule has 1 aliphatic heterocycles. The number of hydrogen-bond donors (Lipinski definition) is 1. The number of nitrogens with zero attached hydrogens (tertiary/aromatic N) is 3. The normalized spacial score (nSPS) is 27.2. The molecule has 1 saturated heterocycles. The first-order valence-electron chi connectivity index (χ1n) is 5.94. The van der Waals surface area contributed by atoms with Crippen LogP contribution in [0.25, 0.3) is 0 Å². The smallest absolute Gasteiger partial charge is 0.227 e. The number of aromatic nitrogens is 2. The maximum atomic E-state index is 5.93. The third-order valence-electron chi connectivity index (χ3n) is 3.24. The molecule has 0 bridgehead atoms. The molecular formula is C11H20N4O. The van der Waals surface area contributed by atoms with Gasteiger partial charge in [0, 0.05) is 25.0 Å². The summed E-state index contributed by atoms with van der Waals surface area (Å²) in [4.78, 5) is 6.65. The quantitative estimate of drug-likeness (QED) is 0.820. The van der Waals surface area contributed by atoms with Crippen molar-refractivity contribution in [3.05, 3.63) is 11.7 Å². The lowest BCUT2D eigenvalue weighted by Gasteiger charge is -2.36. The first-order valence-corrected chi connectivity index (χ1v) is 5.94. The molecule has 2 heterocycles. The number of piperidine rings is 1. The number of rotatable bonds is 3. The Bertz CT molecular complexity index is 338. The molecule has 2 unspecified atom stereocenters. The molecule has 90 valence electrons. The molecule has 0 saturated carbocycles. The van der Waals surface area contributed by atoms with E-state index in [-0.39, 0.29) is 0 Å². The number of aryl methyl sites for hydroxylation is 1. The minimum atomic E-state index is 0.372. The van der Waals surface area contributed by atoms with Crippen molar-refractivity contribution in [1.29, 1.82) is 0 Å². The number of hydrogen-bond acceptors (Lipinski definition) is 5.